The number of halogens is 1. The Labute approximate surface area is 165 Å². The summed E-state index contributed by atoms with van der Waals surface area (Å²) in [5, 5.41) is 10.9. The topological polar surface area (TPSA) is 95.2 Å². The number of hydrogen-bond acceptors (Lipinski definition) is 5. The standard InChI is InChI=1S/C21H18FN7/c1-11(2)25-13-8-12(9-23-10-13)14-5-6-15-17(18(14)22)19(29-28-15)21-26-16-4-3-7-24-20(16)27-21/h3-11,25H,1-2H3,(H,28,29)(H,24,26,27). The highest BCUT2D eigenvalue weighted by Crippen LogP contribution is 2.34. The third-order valence-corrected chi connectivity index (χ3v) is 4.65. The van der Waals surface area contributed by atoms with Gasteiger partial charge in [0.2, 0.25) is 0 Å². The molecule has 0 aliphatic carbocycles. The van der Waals surface area contributed by atoms with Gasteiger partial charge in [-0.2, -0.15) is 5.10 Å². The summed E-state index contributed by atoms with van der Waals surface area (Å²) >= 11 is 0. The van der Waals surface area contributed by atoms with Gasteiger partial charge < -0.3 is 10.3 Å². The maximum atomic E-state index is 15.6. The Hall–Kier alpha value is -3.81. The van der Waals surface area contributed by atoms with E-state index in [1.54, 1.807) is 30.7 Å². The largest absolute Gasteiger partial charge is 0.382 e. The number of aromatic amines is 2. The van der Waals surface area contributed by atoms with Gasteiger partial charge >= 0.3 is 0 Å². The molecular weight excluding hydrogens is 369 g/mol. The molecule has 3 N–H and O–H groups in total. The predicted octanol–water partition coefficient (Wildman–Crippen LogP) is 4.52. The molecule has 1 aromatic carbocycles. The zero-order valence-corrected chi connectivity index (χ0v) is 15.9. The zero-order chi connectivity index (χ0) is 20.0. The zero-order valence-electron chi connectivity index (χ0n) is 15.9. The second kappa shape index (κ2) is 6.66. The lowest BCUT2D eigenvalue weighted by Crippen LogP contribution is -2.09. The van der Waals surface area contributed by atoms with Crippen LogP contribution >= 0.6 is 0 Å². The van der Waals surface area contributed by atoms with Crippen LogP contribution in [-0.4, -0.2) is 36.2 Å². The van der Waals surface area contributed by atoms with Crippen molar-refractivity contribution in [2.24, 2.45) is 0 Å². The van der Waals surface area contributed by atoms with Crippen molar-refractivity contribution in [2.45, 2.75) is 19.9 Å². The summed E-state index contributed by atoms with van der Waals surface area (Å²) < 4.78 is 15.6. The lowest BCUT2D eigenvalue weighted by molar-refractivity contribution is 0.643. The molecule has 0 unspecified atom stereocenters. The quantitative estimate of drug-likeness (QED) is 0.421. The third-order valence-electron chi connectivity index (χ3n) is 4.65. The molecule has 0 saturated carbocycles. The van der Waals surface area contributed by atoms with E-state index in [-0.39, 0.29) is 11.9 Å². The molecule has 0 saturated heterocycles. The van der Waals surface area contributed by atoms with E-state index in [0.717, 1.165) is 5.69 Å². The molecule has 0 atom stereocenters. The number of anilines is 1. The number of fused-ring (bicyclic) bond motifs is 2. The van der Waals surface area contributed by atoms with Crippen molar-refractivity contribution in [3.05, 3.63) is 54.7 Å². The van der Waals surface area contributed by atoms with Gasteiger partial charge in [-0.1, -0.05) is 0 Å². The number of hydrogen-bond donors (Lipinski definition) is 3. The Morgan fingerprint density at radius 1 is 1.14 bits per heavy atom. The van der Waals surface area contributed by atoms with E-state index < -0.39 is 0 Å². The molecule has 0 radical (unpaired) electrons. The smallest absolute Gasteiger partial charge is 0.161 e. The van der Waals surface area contributed by atoms with E-state index in [2.05, 4.69) is 35.5 Å². The molecule has 29 heavy (non-hydrogen) atoms. The molecule has 8 heteroatoms. The van der Waals surface area contributed by atoms with Crippen molar-refractivity contribution in [3.63, 3.8) is 0 Å². The molecule has 0 spiro atoms. The molecule has 5 rings (SSSR count). The van der Waals surface area contributed by atoms with E-state index in [1.165, 1.54) is 0 Å². The first-order valence-electron chi connectivity index (χ1n) is 9.30. The van der Waals surface area contributed by atoms with Crippen molar-refractivity contribution in [2.75, 3.05) is 5.32 Å². The summed E-state index contributed by atoms with van der Waals surface area (Å²) in [5.74, 6) is 0.0949. The number of rotatable bonds is 4. The number of nitrogens with zero attached hydrogens (tertiary/aromatic N) is 4. The number of aromatic nitrogens is 6. The normalized spacial score (nSPS) is 11.6. The first-order valence-corrected chi connectivity index (χ1v) is 9.30. The van der Waals surface area contributed by atoms with E-state index in [1.807, 2.05) is 32.0 Å². The van der Waals surface area contributed by atoms with Gasteiger partial charge in [-0.15, -0.1) is 0 Å². The van der Waals surface area contributed by atoms with E-state index >= 15 is 4.39 Å². The van der Waals surface area contributed by atoms with Gasteiger partial charge in [-0.05, 0) is 44.2 Å². The average Bonchev–Trinajstić information content (AvgIpc) is 3.32. The summed E-state index contributed by atoms with van der Waals surface area (Å²) in [6.07, 6.45) is 5.06. The average molecular weight is 387 g/mol. The van der Waals surface area contributed by atoms with Crippen molar-refractivity contribution in [3.8, 4) is 22.6 Å². The first kappa shape index (κ1) is 17.3. The van der Waals surface area contributed by atoms with Crippen molar-refractivity contribution in [1.29, 1.82) is 0 Å². The molecule has 0 fully saturated rings. The van der Waals surface area contributed by atoms with Gasteiger partial charge in [0.05, 0.1) is 16.6 Å². The minimum absolute atomic E-state index is 0.251. The second-order valence-electron chi connectivity index (χ2n) is 7.14. The molecule has 5 aromatic rings. The Balaban J connectivity index is 1.66. The van der Waals surface area contributed by atoms with Crippen LogP contribution in [0.25, 0.3) is 44.7 Å². The summed E-state index contributed by atoms with van der Waals surface area (Å²) in [4.78, 5) is 16.1. The van der Waals surface area contributed by atoms with Crippen LogP contribution in [-0.2, 0) is 0 Å². The molecule has 0 amide bonds. The van der Waals surface area contributed by atoms with Crippen LogP contribution in [0, 0.1) is 5.82 Å². The lowest BCUT2D eigenvalue weighted by Gasteiger charge is -2.11. The van der Waals surface area contributed by atoms with Crippen LogP contribution in [0.15, 0.2) is 48.9 Å². The Kier molecular flexibility index (Phi) is 3.97. The fourth-order valence-corrected chi connectivity index (χ4v) is 3.42. The number of imidazole rings is 1. The van der Waals surface area contributed by atoms with E-state index in [4.69, 9.17) is 0 Å². The number of H-pyrrole nitrogens is 2. The minimum Gasteiger partial charge on any atom is -0.382 e. The highest BCUT2D eigenvalue weighted by molar-refractivity contribution is 5.96. The fraction of sp³-hybridized carbons (Fsp3) is 0.143. The van der Waals surface area contributed by atoms with Crippen LogP contribution < -0.4 is 5.32 Å². The second-order valence-corrected chi connectivity index (χ2v) is 7.14. The molecule has 0 aliphatic heterocycles. The van der Waals surface area contributed by atoms with Gasteiger partial charge in [-0.3, -0.25) is 10.1 Å². The van der Waals surface area contributed by atoms with Crippen LogP contribution in [0.3, 0.4) is 0 Å². The molecule has 4 aromatic heterocycles. The summed E-state index contributed by atoms with van der Waals surface area (Å²) in [6, 6.07) is 9.34. The molecule has 0 aliphatic rings. The van der Waals surface area contributed by atoms with Gasteiger partial charge in [0.15, 0.2) is 11.5 Å². The van der Waals surface area contributed by atoms with Crippen LogP contribution in [0.1, 0.15) is 13.8 Å². The lowest BCUT2D eigenvalue weighted by atomic mass is 10.0. The minimum atomic E-state index is -0.372. The Morgan fingerprint density at radius 2 is 2.03 bits per heavy atom. The number of pyridine rings is 2. The van der Waals surface area contributed by atoms with Gasteiger partial charge in [-0.25, -0.2) is 14.4 Å². The molecule has 0 bridgehead atoms. The SMILES string of the molecule is CC(C)Nc1cncc(-c2ccc3[nH]nc(-c4nc5cccnc5[nH]4)c3c2F)c1. The molecule has 144 valence electrons. The molecule has 4 heterocycles. The predicted molar refractivity (Wildman–Crippen MR) is 111 cm³/mol. The Bertz CT molecular complexity index is 1300. The van der Waals surface area contributed by atoms with Crippen molar-refractivity contribution >= 4 is 27.8 Å². The highest BCUT2D eigenvalue weighted by atomic mass is 19.1. The maximum absolute atomic E-state index is 15.6. The maximum Gasteiger partial charge on any atom is 0.161 e. The van der Waals surface area contributed by atoms with Gasteiger partial charge in [0.25, 0.3) is 0 Å². The summed E-state index contributed by atoms with van der Waals surface area (Å²) in [5.41, 5.74) is 4.33. The molecule has 7 nitrogen and oxygen atoms in total. The van der Waals surface area contributed by atoms with Crippen LogP contribution in [0.2, 0.25) is 0 Å². The van der Waals surface area contributed by atoms with Gasteiger partial charge in [0, 0.05) is 35.8 Å². The van der Waals surface area contributed by atoms with Crippen molar-refractivity contribution in [1.82, 2.24) is 30.1 Å². The van der Waals surface area contributed by atoms with Crippen LogP contribution in [0.5, 0.6) is 0 Å². The number of nitrogens with one attached hydrogen (secondary N) is 3. The van der Waals surface area contributed by atoms with Crippen molar-refractivity contribution < 1.29 is 4.39 Å². The first-order chi connectivity index (χ1) is 14.1. The third kappa shape index (κ3) is 2.98. The fourth-order valence-electron chi connectivity index (χ4n) is 3.42. The van der Waals surface area contributed by atoms with Gasteiger partial charge in [0.1, 0.15) is 17.0 Å². The monoisotopic (exact) mass is 387 g/mol. The number of benzene rings is 1. The highest BCUT2D eigenvalue weighted by Gasteiger charge is 2.19. The molecular formula is C21H18FN7. The summed E-state index contributed by atoms with van der Waals surface area (Å²) in [6.45, 7) is 4.08. The van der Waals surface area contributed by atoms with Crippen LogP contribution in [0.4, 0.5) is 10.1 Å². The Morgan fingerprint density at radius 3 is 2.86 bits per heavy atom. The van der Waals surface area contributed by atoms with E-state index in [9.17, 15) is 0 Å². The van der Waals surface area contributed by atoms with E-state index in [0.29, 0.717) is 44.7 Å². The summed E-state index contributed by atoms with van der Waals surface area (Å²) in [7, 11) is 0.